The standard InChI is InChI=1S/C13H16N4O4/c1-4-21-13(18)12-14-15-16-17(12)8-9-5-10(19-2)7-11(6-9)20-3/h5-7H,4,8H2,1-3H3. The maximum Gasteiger partial charge on any atom is 0.378 e. The Hall–Kier alpha value is -2.64. The zero-order chi connectivity index (χ0) is 15.2. The van der Waals surface area contributed by atoms with Gasteiger partial charge in [-0.2, -0.15) is 0 Å². The lowest BCUT2D eigenvalue weighted by atomic mass is 10.2. The predicted octanol–water partition coefficient (Wildman–Crippen LogP) is 0.915. The van der Waals surface area contributed by atoms with Crippen LogP contribution in [0.2, 0.25) is 0 Å². The van der Waals surface area contributed by atoms with E-state index in [0.717, 1.165) is 5.56 Å². The van der Waals surface area contributed by atoms with E-state index in [-0.39, 0.29) is 12.4 Å². The van der Waals surface area contributed by atoms with Crippen LogP contribution in [0.25, 0.3) is 0 Å². The Morgan fingerprint density at radius 3 is 2.43 bits per heavy atom. The van der Waals surface area contributed by atoms with Gasteiger partial charge in [-0.15, -0.1) is 5.10 Å². The lowest BCUT2D eigenvalue weighted by molar-refractivity contribution is 0.0505. The van der Waals surface area contributed by atoms with E-state index in [1.807, 2.05) is 12.1 Å². The van der Waals surface area contributed by atoms with E-state index in [9.17, 15) is 4.79 Å². The summed E-state index contributed by atoms with van der Waals surface area (Å²) in [5, 5.41) is 11.0. The first-order valence-corrected chi connectivity index (χ1v) is 6.33. The first-order chi connectivity index (χ1) is 10.2. The van der Waals surface area contributed by atoms with Gasteiger partial charge in [0.25, 0.3) is 5.82 Å². The highest BCUT2D eigenvalue weighted by Gasteiger charge is 2.17. The fraction of sp³-hybridized carbons (Fsp3) is 0.385. The summed E-state index contributed by atoms with van der Waals surface area (Å²) in [6.07, 6.45) is 0. The van der Waals surface area contributed by atoms with Gasteiger partial charge in [0.15, 0.2) is 0 Å². The summed E-state index contributed by atoms with van der Waals surface area (Å²) in [5.41, 5.74) is 0.837. The molecule has 21 heavy (non-hydrogen) atoms. The molecule has 0 aliphatic heterocycles. The average molecular weight is 292 g/mol. The zero-order valence-electron chi connectivity index (χ0n) is 12.1. The topological polar surface area (TPSA) is 88.4 Å². The molecule has 0 spiro atoms. The minimum Gasteiger partial charge on any atom is -0.497 e. The van der Waals surface area contributed by atoms with Gasteiger partial charge in [0.2, 0.25) is 0 Å². The molecule has 1 heterocycles. The van der Waals surface area contributed by atoms with Crippen molar-refractivity contribution >= 4 is 5.97 Å². The van der Waals surface area contributed by atoms with E-state index in [4.69, 9.17) is 14.2 Å². The molecule has 0 aliphatic rings. The quantitative estimate of drug-likeness (QED) is 0.731. The molecule has 0 unspecified atom stereocenters. The number of rotatable bonds is 6. The van der Waals surface area contributed by atoms with Crippen molar-refractivity contribution in [2.75, 3.05) is 20.8 Å². The third-order valence-electron chi connectivity index (χ3n) is 2.73. The molecule has 2 aromatic rings. The highest BCUT2D eigenvalue weighted by molar-refractivity contribution is 5.85. The number of benzene rings is 1. The molecular weight excluding hydrogens is 276 g/mol. The average Bonchev–Trinajstić information content (AvgIpc) is 2.95. The van der Waals surface area contributed by atoms with Crippen LogP contribution >= 0.6 is 0 Å². The SMILES string of the molecule is CCOC(=O)c1nnnn1Cc1cc(OC)cc(OC)c1. The summed E-state index contributed by atoms with van der Waals surface area (Å²) >= 11 is 0. The lowest BCUT2D eigenvalue weighted by Gasteiger charge is -2.09. The highest BCUT2D eigenvalue weighted by Crippen LogP contribution is 2.23. The summed E-state index contributed by atoms with van der Waals surface area (Å²) < 4.78 is 16.7. The molecule has 1 aromatic carbocycles. The third-order valence-corrected chi connectivity index (χ3v) is 2.73. The molecule has 0 radical (unpaired) electrons. The first kappa shape index (κ1) is 14.8. The molecule has 0 saturated heterocycles. The molecular formula is C13H16N4O4. The van der Waals surface area contributed by atoms with E-state index < -0.39 is 5.97 Å². The van der Waals surface area contributed by atoms with Crippen molar-refractivity contribution in [1.29, 1.82) is 0 Å². The van der Waals surface area contributed by atoms with Crippen molar-refractivity contribution in [3.63, 3.8) is 0 Å². The summed E-state index contributed by atoms with van der Waals surface area (Å²) in [5.74, 6) is 0.793. The lowest BCUT2D eigenvalue weighted by Crippen LogP contribution is -2.15. The molecule has 0 fully saturated rings. The molecule has 0 aliphatic carbocycles. The number of tetrazole rings is 1. The van der Waals surface area contributed by atoms with Crippen molar-refractivity contribution < 1.29 is 19.0 Å². The number of carbonyl (C=O) groups is 1. The van der Waals surface area contributed by atoms with Crippen molar-refractivity contribution in [2.24, 2.45) is 0 Å². The van der Waals surface area contributed by atoms with Crippen molar-refractivity contribution in [3.8, 4) is 11.5 Å². The van der Waals surface area contributed by atoms with Crippen LogP contribution in [0.3, 0.4) is 0 Å². The van der Waals surface area contributed by atoms with Gasteiger partial charge in [0.1, 0.15) is 11.5 Å². The summed E-state index contributed by atoms with van der Waals surface area (Å²) in [6, 6.07) is 5.40. The number of esters is 1. The summed E-state index contributed by atoms with van der Waals surface area (Å²) in [6.45, 7) is 2.28. The molecule has 8 heteroatoms. The second-order valence-corrected chi connectivity index (χ2v) is 4.10. The van der Waals surface area contributed by atoms with Gasteiger partial charge >= 0.3 is 5.97 Å². The van der Waals surface area contributed by atoms with E-state index >= 15 is 0 Å². The second-order valence-electron chi connectivity index (χ2n) is 4.10. The molecule has 112 valence electrons. The fourth-order valence-corrected chi connectivity index (χ4v) is 1.78. The zero-order valence-corrected chi connectivity index (χ0v) is 12.1. The molecule has 0 N–H and O–H groups in total. The third kappa shape index (κ3) is 3.47. The van der Waals surface area contributed by atoms with Crippen molar-refractivity contribution in [3.05, 3.63) is 29.6 Å². The molecule has 2 rings (SSSR count). The Bertz CT molecular complexity index is 604. The number of nitrogens with zero attached hydrogens (tertiary/aromatic N) is 4. The predicted molar refractivity (Wildman–Crippen MR) is 72.4 cm³/mol. The Labute approximate surface area is 121 Å². The highest BCUT2D eigenvalue weighted by atomic mass is 16.5. The minimum absolute atomic E-state index is 0.0543. The van der Waals surface area contributed by atoms with E-state index in [0.29, 0.717) is 18.0 Å². The maximum atomic E-state index is 11.7. The smallest absolute Gasteiger partial charge is 0.378 e. The minimum atomic E-state index is -0.558. The second kappa shape index (κ2) is 6.69. The van der Waals surface area contributed by atoms with E-state index in [1.54, 1.807) is 27.2 Å². The van der Waals surface area contributed by atoms with Gasteiger partial charge in [-0.3, -0.25) is 0 Å². The molecule has 0 bridgehead atoms. The largest absolute Gasteiger partial charge is 0.497 e. The van der Waals surface area contributed by atoms with Crippen molar-refractivity contribution in [2.45, 2.75) is 13.5 Å². The Morgan fingerprint density at radius 2 is 1.86 bits per heavy atom. The summed E-state index contributed by atoms with van der Waals surface area (Å²) in [4.78, 5) is 11.7. The van der Waals surface area contributed by atoms with E-state index in [2.05, 4.69) is 15.5 Å². The number of carbonyl (C=O) groups excluding carboxylic acids is 1. The Kier molecular flexibility index (Phi) is 4.70. The van der Waals surface area contributed by atoms with Gasteiger partial charge in [0, 0.05) is 6.07 Å². The van der Waals surface area contributed by atoms with Crippen LogP contribution in [0.5, 0.6) is 11.5 Å². The Morgan fingerprint density at radius 1 is 1.19 bits per heavy atom. The van der Waals surface area contributed by atoms with Gasteiger partial charge in [-0.1, -0.05) is 0 Å². The van der Waals surface area contributed by atoms with Crippen LogP contribution in [0.1, 0.15) is 23.1 Å². The maximum absolute atomic E-state index is 11.7. The number of hydrogen-bond donors (Lipinski definition) is 0. The van der Waals surface area contributed by atoms with Crippen LogP contribution in [-0.4, -0.2) is 47.0 Å². The van der Waals surface area contributed by atoms with Crippen LogP contribution < -0.4 is 9.47 Å². The van der Waals surface area contributed by atoms with Gasteiger partial charge < -0.3 is 14.2 Å². The van der Waals surface area contributed by atoms with Gasteiger partial charge in [0.05, 0.1) is 27.4 Å². The fourth-order valence-electron chi connectivity index (χ4n) is 1.78. The van der Waals surface area contributed by atoms with E-state index in [1.165, 1.54) is 4.68 Å². The van der Waals surface area contributed by atoms with Crippen molar-refractivity contribution in [1.82, 2.24) is 20.2 Å². The van der Waals surface area contributed by atoms with Crippen LogP contribution in [0, 0.1) is 0 Å². The van der Waals surface area contributed by atoms with Gasteiger partial charge in [-0.25, -0.2) is 9.48 Å². The first-order valence-electron chi connectivity index (χ1n) is 6.33. The normalized spacial score (nSPS) is 10.2. The number of methoxy groups -OCH3 is 2. The van der Waals surface area contributed by atoms with Gasteiger partial charge in [-0.05, 0) is 35.0 Å². The van der Waals surface area contributed by atoms with Crippen LogP contribution in [0.4, 0.5) is 0 Å². The molecule has 0 atom stereocenters. The van der Waals surface area contributed by atoms with Crippen LogP contribution in [-0.2, 0) is 11.3 Å². The number of aromatic nitrogens is 4. The number of ether oxygens (including phenoxy) is 3. The number of hydrogen-bond acceptors (Lipinski definition) is 7. The monoisotopic (exact) mass is 292 g/mol. The molecule has 0 saturated carbocycles. The van der Waals surface area contributed by atoms with Crippen LogP contribution in [0.15, 0.2) is 18.2 Å². The Balaban J connectivity index is 2.26. The summed E-state index contributed by atoms with van der Waals surface area (Å²) in [7, 11) is 3.14. The molecule has 0 amide bonds. The molecule has 8 nitrogen and oxygen atoms in total. The molecule has 1 aromatic heterocycles.